The lowest BCUT2D eigenvalue weighted by Gasteiger charge is -2.21. The molecule has 2 saturated heterocycles. The molecule has 66 heavy (non-hydrogen) atoms. The number of phosphoric acid groups is 2. The number of aliphatic hydroxyl groups is 2. The zero-order valence-corrected chi connectivity index (χ0v) is 40.6. The summed E-state index contributed by atoms with van der Waals surface area (Å²) in [6, 6.07) is 1.24. The molecule has 21 heteroatoms. The maximum absolute atomic E-state index is 12.8. The third kappa shape index (κ3) is 23.8. The van der Waals surface area contributed by atoms with Crippen LogP contribution in [0.25, 0.3) is 0 Å². The molecule has 0 amide bonds. The number of nitrogens with two attached hydrogens (primary N) is 1. The van der Waals surface area contributed by atoms with Crippen LogP contribution in [0.3, 0.4) is 0 Å². The summed E-state index contributed by atoms with van der Waals surface area (Å²) in [6.45, 7) is 4.26. The minimum Gasteiger partial charge on any atom is -0.462 e. The van der Waals surface area contributed by atoms with E-state index in [4.69, 9.17) is 33.7 Å². The van der Waals surface area contributed by atoms with Crippen LogP contribution in [-0.4, -0.2) is 97.9 Å². The molecule has 0 bridgehead atoms. The second-order valence-corrected chi connectivity index (χ2v) is 19.9. The van der Waals surface area contributed by atoms with Gasteiger partial charge in [-0.05, 0) is 63.4 Å². The summed E-state index contributed by atoms with van der Waals surface area (Å²) in [4.78, 5) is 61.7. The molecule has 0 aliphatic carbocycles. The Labute approximate surface area is 389 Å². The third-order valence-electron chi connectivity index (χ3n) is 11.2. The van der Waals surface area contributed by atoms with E-state index in [0.29, 0.717) is 31.3 Å². The minimum atomic E-state index is -5.43. The van der Waals surface area contributed by atoms with Crippen LogP contribution in [0, 0.1) is 5.92 Å². The van der Waals surface area contributed by atoms with Gasteiger partial charge < -0.3 is 44.7 Å². The van der Waals surface area contributed by atoms with Gasteiger partial charge in [-0.3, -0.25) is 23.2 Å². The molecule has 2 aliphatic rings. The maximum atomic E-state index is 12.8. The maximum Gasteiger partial charge on any atom is 0.481 e. The van der Waals surface area contributed by atoms with Crippen LogP contribution < -0.4 is 11.4 Å². The summed E-state index contributed by atoms with van der Waals surface area (Å²) in [5.41, 5.74) is 4.57. The van der Waals surface area contributed by atoms with Crippen LogP contribution in [0.15, 0.2) is 53.5 Å². The van der Waals surface area contributed by atoms with E-state index in [1.54, 1.807) is 0 Å². The smallest absolute Gasteiger partial charge is 0.462 e. The molecule has 1 aromatic heterocycles. The Kier molecular flexibility index (Phi) is 27.0. The molecular weight excluding hydrogens is 900 g/mol. The Morgan fingerprint density at radius 1 is 0.803 bits per heavy atom. The highest BCUT2D eigenvalue weighted by Crippen LogP contribution is 2.60. The molecule has 5 unspecified atom stereocenters. The molecule has 0 aromatic carbocycles. The Balaban J connectivity index is 1.42. The van der Waals surface area contributed by atoms with Crippen molar-refractivity contribution < 1.29 is 71.0 Å². The van der Waals surface area contributed by atoms with E-state index < -0.39 is 83.7 Å². The number of ether oxygens (including phenoxy) is 4. The largest absolute Gasteiger partial charge is 0.481 e. The molecule has 3 rings (SSSR count). The number of allylic oxidation sites excluding steroid dienone is 4. The number of unbranched alkanes of at least 4 members (excludes halogenated alkanes) is 9. The average Bonchev–Trinajstić information content (AvgIpc) is 3.96. The molecule has 0 saturated carbocycles. The van der Waals surface area contributed by atoms with Crippen molar-refractivity contribution in [1.82, 2.24) is 9.55 Å². The predicted octanol–water partition coefficient (Wildman–Crippen LogP) is 7.67. The Bertz CT molecular complexity index is 1830. The zero-order chi connectivity index (χ0) is 48.4. The van der Waals surface area contributed by atoms with Crippen LogP contribution in [0.2, 0.25) is 0 Å². The molecule has 19 nitrogen and oxygen atoms in total. The quantitative estimate of drug-likeness (QED) is 0.0142. The van der Waals surface area contributed by atoms with Crippen molar-refractivity contribution in [2.75, 3.05) is 25.6 Å². The molecular formula is C45H75N3O16P2. The summed E-state index contributed by atoms with van der Waals surface area (Å²) >= 11 is 0. The number of nitrogen functional groups attached to an aromatic ring is 1. The van der Waals surface area contributed by atoms with Gasteiger partial charge >= 0.3 is 33.3 Å². The van der Waals surface area contributed by atoms with Gasteiger partial charge in [0.2, 0.25) is 0 Å². The first-order chi connectivity index (χ1) is 31.5. The number of carbonyl (C=O) groups is 2. The van der Waals surface area contributed by atoms with Crippen molar-refractivity contribution in [3.05, 3.63) is 59.2 Å². The zero-order valence-electron chi connectivity index (χ0n) is 38.8. The van der Waals surface area contributed by atoms with Gasteiger partial charge in [0.1, 0.15) is 30.7 Å². The van der Waals surface area contributed by atoms with Crippen LogP contribution in [0.1, 0.15) is 149 Å². The Hall–Kier alpha value is -3.06. The summed E-state index contributed by atoms with van der Waals surface area (Å²) in [7, 11) is -10.9. The molecule has 2 fully saturated rings. The van der Waals surface area contributed by atoms with Crippen molar-refractivity contribution >= 4 is 33.4 Å². The number of carbonyl (C=O) groups excluding carboxylic acids is 2. The predicted molar refractivity (Wildman–Crippen MR) is 247 cm³/mol. The van der Waals surface area contributed by atoms with E-state index in [2.05, 4.69) is 54.4 Å². The monoisotopic (exact) mass is 975 g/mol. The molecule has 10 atom stereocenters. The molecule has 3 heterocycles. The summed E-state index contributed by atoms with van der Waals surface area (Å²) in [6.07, 6.45) is 23.1. The highest BCUT2D eigenvalue weighted by atomic mass is 31.3. The second kappa shape index (κ2) is 31.1. The molecule has 376 valence electrons. The van der Waals surface area contributed by atoms with Gasteiger partial charge in [-0.25, -0.2) is 13.9 Å². The van der Waals surface area contributed by atoms with Crippen molar-refractivity contribution in [2.45, 2.75) is 186 Å². The van der Waals surface area contributed by atoms with Gasteiger partial charge in [0.25, 0.3) is 0 Å². The molecule has 0 radical (unpaired) electrons. The van der Waals surface area contributed by atoms with E-state index in [-0.39, 0.29) is 24.8 Å². The number of hydrogen-bond donors (Lipinski definition) is 5. The van der Waals surface area contributed by atoms with Crippen molar-refractivity contribution in [3.8, 4) is 0 Å². The van der Waals surface area contributed by atoms with Gasteiger partial charge in [-0.1, -0.05) is 115 Å². The number of phosphoric ester groups is 2. The lowest BCUT2D eigenvalue weighted by Crippen LogP contribution is -2.36. The number of aromatic nitrogens is 2. The van der Waals surface area contributed by atoms with Gasteiger partial charge in [0.05, 0.1) is 25.4 Å². The summed E-state index contributed by atoms with van der Waals surface area (Å²) in [5.74, 6) is -0.672. The Morgan fingerprint density at radius 2 is 1.44 bits per heavy atom. The molecule has 0 spiro atoms. The van der Waals surface area contributed by atoms with E-state index in [0.717, 1.165) is 75.0 Å². The number of esters is 2. The van der Waals surface area contributed by atoms with Gasteiger partial charge in [-0.15, -0.1) is 0 Å². The standard InChI is InChI=1S/C45H75N3O16P2/c1-4-6-7-8-15-20-25-36-37(62-36)26-21-16-10-9-11-17-22-27-40(49)58-31-35(61-41(50)28-23-18-13-12-14-19-24-34(3)5-2)32-59-65(54,55)64-66(56,57)60-33-38-42(51)43(52)44(63-38)48-30-29-39(46)47-45(48)53/h9,11,15-16,20-21,29-30,34-38,42-44,51-52H,4-8,10,12-14,17-19,22-28,31-33H2,1-3H3,(H,54,55)(H,56,57)(H2,46,47,53)/b11-9-,20-15-,21-16-/t34?,35-,36?,37?,38-,42-,43-,44-/m1/s1. The van der Waals surface area contributed by atoms with Crippen molar-refractivity contribution in [3.63, 3.8) is 0 Å². The number of anilines is 1. The number of epoxide rings is 1. The van der Waals surface area contributed by atoms with Crippen LogP contribution in [-0.2, 0) is 51.0 Å². The highest BCUT2D eigenvalue weighted by molar-refractivity contribution is 7.61. The molecule has 1 aromatic rings. The highest BCUT2D eigenvalue weighted by Gasteiger charge is 2.46. The second-order valence-electron chi connectivity index (χ2n) is 16.9. The third-order valence-corrected chi connectivity index (χ3v) is 13.8. The lowest BCUT2D eigenvalue weighted by molar-refractivity contribution is -0.161. The minimum absolute atomic E-state index is 0.0334. The normalized spacial score (nSPS) is 23.6. The fourth-order valence-corrected chi connectivity index (χ4v) is 9.08. The van der Waals surface area contributed by atoms with Gasteiger partial charge in [-0.2, -0.15) is 9.29 Å². The summed E-state index contributed by atoms with van der Waals surface area (Å²) in [5, 5.41) is 20.9. The molecule has 6 N–H and O–H groups in total. The first-order valence-corrected chi connectivity index (χ1v) is 26.5. The van der Waals surface area contributed by atoms with Gasteiger partial charge in [0, 0.05) is 19.0 Å². The van der Waals surface area contributed by atoms with Crippen LogP contribution in [0.4, 0.5) is 5.82 Å². The number of nitrogens with zero attached hydrogens (tertiary/aromatic N) is 2. The van der Waals surface area contributed by atoms with E-state index >= 15 is 0 Å². The van der Waals surface area contributed by atoms with Crippen LogP contribution in [0.5, 0.6) is 0 Å². The van der Waals surface area contributed by atoms with E-state index in [1.807, 2.05) is 12.2 Å². The van der Waals surface area contributed by atoms with Crippen molar-refractivity contribution in [2.24, 2.45) is 5.92 Å². The van der Waals surface area contributed by atoms with E-state index in [1.165, 1.54) is 31.7 Å². The average molecular weight is 976 g/mol. The fourth-order valence-electron chi connectivity index (χ4n) is 6.97. The van der Waals surface area contributed by atoms with Gasteiger partial charge in [0.15, 0.2) is 12.3 Å². The number of aliphatic hydroxyl groups excluding tert-OH is 2. The first kappa shape index (κ1) is 57.3. The SMILES string of the molecule is CCCCC/C=C\CC1OC1C/C=C\C/C=C\CCCC(=O)OC[C@H](COP(=O)(O)OP(=O)(O)OC[C@H]1O[C@@H](n2ccc(N)nc2=O)[C@H](O)[C@@H]1O)OC(=O)CCCCCCCCC(C)CC. The lowest BCUT2D eigenvalue weighted by atomic mass is 10.00. The fraction of sp³-hybridized carbons (Fsp3) is 0.733. The van der Waals surface area contributed by atoms with Crippen LogP contribution >= 0.6 is 15.6 Å². The topological polar surface area (TPSA) is 278 Å². The van der Waals surface area contributed by atoms with E-state index in [9.17, 15) is 43.5 Å². The van der Waals surface area contributed by atoms with Crippen molar-refractivity contribution in [1.29, 1.82) is 0 Å². The summed E-state index contributed by atoms with van der Waals surface area (Å²) < 4.78 is 62.3. The molecule has 2 aliphatic heterocycles. The number of hydrogen-bond acceptors (Lipinski definition) is 16. The Morgan fingerprint density at radius 3 is 2.15 bits per heavy atom. The number of rotatable bonds is 36. The first-order valence-electron chi connectivity index (χ1n) is 23.5.